The number of nitrogens with zero attached hydrogens (tertiary/aromatic N) is 3. The van der Waals surface area contributed by atoms with Crippen molar-refractivity contribution < 1.29 is 0 Å². The highest BCUT2D eigenvalue weighted by Gasteiger charge is 2.25. The Labute approximate surface area is 126 Å². The lowest BCUT2D eigenvalue weighted by molar-refractivity contribution is 0.610. The molecular formula is C17H22N4. The van der Waals surface area contributed by atoms with E-state index in [0.717, 1.165) is 37.4 Å². The Morgan fingerprint density at radius 1 is 1.29 bits per heavy atom. The molecule has 2 heterocycles. The van der Waals surface area contributed by atoms with Gasteiger partial charge in [-0.05, 0) is 37.9 Å². The highest BCUT2D eigenvalue weighted by atomic mass is 15.2. The third kappa shape index (κ3) is 2.90. The van der Waals surface area contributed by atoms with Gasteiger partial charge in [0.15, 0.2) is 5.82 Å². The Morgan fingerprint density at radius 3 is 3.00 bits per heavy atom. The second kappa shape index (κ2) is 6.22. The number of para-hydroxylation sites is 1. The van der Waals surface area contributed by atoms with E-state index in [4.69, 9.17) is 4.98 Å². The minimum Gasteiger partial charge on any atom is -0.322 e. The molecule has 1 aromatic heterocycles. The smallest absolute Gasteiger partial charge is 0.152 e. The summed E-state index contributed by atoms with van der Waals surface area (Å²) in [5, 5.41) is 3.30. The van der Waals surface area contributed by atoms with Gasteiger partial charge in [0.2, 0.25) is 0 Å². The molecule has 0 bridgehead atoms. The minimum atomic E-state index is 0.448. The first-order valence-electron chi connectivity index (χ1n) is 7.68. The van der Waals surface area contributed by atoms with Gasteiger partial charge in [0, 0.05) is 24.5 Å². The third-order valence-electron chi connectivity index (χ3n) is 4.00. The highest BCUT2D eigenvalue weighted by Crippen LogP contribution is 2.35. The molecule has 1 aromatic carbocycles. The summed E-state index contributed by atoms with van der Waals surface area (Å²) < 4.78 is 0. The van der Waals surface area contributed by atoms with Gasteiger partial charge >= 0.3 is 0 Å². The minimum absolute atomic E-state index is 0.448. The van der Waals surface area contributed by atoms with E-state index in [1.165, 1.54) is 11.3 Å². The molecule has 1 aliphatic heterocycles. The van der Waals surface area contributed by atoms with Crippen molar-refractivity contribution in [2.45, 2.75) is 39.3 Å². The summed E-state index contributed by atoms with van der Waals surface area (Å²) in [6.07, 6.45) is 6.00. The van der Waals surface area contributed by atoms with Crippen molar-refractivity contribution in [3.8, 4) is 0 Å². The summed E-state index contributed by atoms with van der Waals surface area (Å²) in [6, 6.07) is 9.05. The predicted molar refractivity (Wildman–Crippen MR) is 85.8 cm³/mol. The molecule has 2 aromatic rings. The SMILES string of the molecule is CCNCc1cncc(N2c3ccccc3CCC2C)n1. The summed E-state index contributed by atoms with van der Waals surface area (Å²) in [5.41, 5.74) is 3.66. The second-order valence-corrected chi connectivity index (χ2v) is 5.54. The van der Waals surface area contributed by atoms with E-state index >= 15 is 0 Å². The van der Waals surface area contributed by atoms with Crippen molar-refractivity contribution in [2.75, 3.05) is 11.4 Å². The molecule has 0 saturated heterocycles. The van der Waals surface area contributed by atoms with Gasteiger partial charge in [0.25, 0.3) is 0 Å². The molecule has 110 valence electrons. The van der Waals surface area contributed by atoms with Gasteiger partial charge in [0.05, 0.1) is 11.9 Å². The number of hydrogen-bond acceptors (Lipinski definition) is 4. The molecule has 1 atom stereocenters. The van der Waals surface area contributed by atoms with Crippen LogP contribution in [0.1, 0.15) is 31.5 Å². The number of benzene rings is 1. The first-order valence-corrected chi connectivity index (χ1v) is 7.68. The monoisotopic (exact) mass is 282 g/mol. The molecule has 1 aliphatic rings. The van der Waals surface area contributed by atoms with Crippen molar-refractivity contribution in [1.82, 2.24) is 15.3 Å². The number of aryl methyl sites for hydroxylation is 1. The van der Waals surface area contributed by atoms with Crippen LogP contribution in [-0.2, 0) is 13.0 Å². The Balaban J connectivity index is 1.95. The average molecular weight is 282 g/mol. The summed E-state index contributed by atoms with van der Waals surface area (Å²) in [7, 11) is 0. The molecule has 1 unspecified atom stereocenters. The standard InChI is InChI=1S/C17H22N4/c1-3-18-10-15-11-19-12-17(20-15)21-13(2)8-9-14-6-4-5-7-16(14)21/h4-7,11-13,18H,3,8-10H2,1-2H3. The summed E-state index contributed by atoms with van der Waals surface area (Å²) in [6.45, 7) is 6.06. The molecule has 0 saturated carbocycles. The largest absolute Gasteiger partial charge is 0.322 e. The van der Waals surface area contributed by atoms with Crippen molar-refractivity contribution in [3.05, 3.63) is 47.9 Å². The van der Waals surface area contributed by atoms with Gasteiger partial charge < -0.3 is 10.2 Å². The zero-order valence-electron chi connectivity index (χ0n) is 12.7. The summed E-state index contributed by atoms with van der Waals surface area (Å²) >= 11 is 0. The molecule has 3 rings (SSSR count). The van der Waals surface area contributed by atoms with Gasteiger partial charge in [0.1, 0.15) is 0 Å². The molecule has 21 heavy (non-hydrogen) atoms. The van der Waals surface area contributed by atoms with Crippen LogP contribution in [0.15, 0.2) is 36.7 Å². The lowest BCUT2D eigenvalue weighted by Gasteiger charge is -2.36. The number of hydrogen-bond donors (Lipinski definition) is 1. The van der Waals surface area contributed by atoms with Crippen LogP contribution in [0.4, 0.5) is 11.5 Å². The van der Waals surface area contributed by atoms with Crippen LogP contribution in [0.3, 0.4) is 0 Å². The average Bonchev–Trinajstić information content (AvgIpc) is 2.53. The van der Waals surface area contributed by atoms with Crippen LogP contribution in [0.2, 0.25) is 0 Å². The number of anilines is 2. The topological polar surface area (TPSA) is 41.1 Å². The van der Waals surface area contributed by atoms with Gasteiger partial charge in [-0.25, -0.2) is 4.98 Å². The molecule has 0 fully saturated rings. The Morgan fingerprint density at radius 2 is 2.14 bits per heavy atom. The van der Waals surface area contributed by atoms with Gasteiger partial charge in [-0.1, -0.05) is 25.1 Å². The summed E-state index contributed by atoms with van der Waals surface area (Å²) in [5.74, 6) is 0.949. The van der Waals surface area contributed by atoms with E-state index in [1.54, 1.807) is 0 Å². The predicted octanol–water partition coefficient (Wildman–Crippen LogP) is 3.06. The number of fused-ring (bicyclic) bond motifs is 1. The molecular weight excluding hydrogens is 260 g/mol. The Hall–Kier alpha value is -1.94. The first kappa shape index (κ1) is 14.0. The van der Waals surface area contributed by atoms with Crippen LogP contribution in [0.25, 0.3) is 0 Å². The van der Waals surface area contributed by atoms with Gasteiger partial charge in [-0.2, -0.15) is 0 Å². The van der Waals surface area contributed by atoms with E-state index in [9.17, 15) is 0 Å². The van der Waals surface area contributed by atoms with Crippen molar-refractivity contribution in [3.63, 3.8) is 0 Å². The zero-order chi connectivity index (χ0) is 14.7. The maximum absolute atomic E-state index is 4.78. The molecule has 0 amide bonds. The second-order valence-electron chi connectivity index (χ2n) is 5.54. The number of aromatic nitrogens is 2. The van der Waals surface area contributed by atoms with E-state index in [0.29, 0.717) is 6.04 Å². The quantitative estimate of drug-likeness (QED) is 0.935. The van der Waals surface area contributed by atoms with Crippen molar-refractivity contribution in [2.24, 2.45) is 0 Å². The fourth-order valence-electron chi connectivity index (χ4n) is 2.89. The molecule has 0 radical (unpaired) electrons. The fraction of sp³-hybridized carbons (Fsp3) is 0.412. The fourth-order valence-corrected chi connectivity index (χ4v) is 2.89. The lowest BCUT2D eigenvalue weighted by Crippen LogP contribution is -2.34. The van der Waals surface area contributed by atoms with E-state index < -0.39 is 0 Å². The lowest BCUT2D eigenvalue weighted by atomic mass is 9.97. The molecule has 4 nitrogen and oxygen atoms in total. The molecule has 1 N–H and O–H groups in total. The third-order valence-corrected chi connectivity index (χ3v) is 4.00. The number of rotatable bonds is 4. The van der Waals surface area contributed by atoms with Crippen LogP contribution in [0, 0.1) is 0 Å². The highest BCUT2D eigenvalue weighted by molar-refractivity contribution is 5.65. The van der Waals surface area contributed by atoms with Crippen LogP contribution in [-0.4, -0.2) is 22.6 Å². The normalized spacial score (nSPS) is 17.6. The Kier molecular flexibility index (Phi) is 4.15. The van der Waals surface area contributed by atoms with Crippen LogP contribution >= 0.6 is 0 Å². The zero-order valence-corrected chi connectivity index (χ0v) is 12.7. The van der Waals surface area contributed by atoms with Crippen molar-refractivity contribution >= 4 is 11.5 Å². The number of nitrogens with one attached hydrogen (secondary N) is 1. The molecule has 0 aliphatic carbocycles. The van der Waals surface area contributed by atoms with E-state index in [1.807, 2.05) is 12.4 Å². The maximum atomic E-state index is 4.78. The molecule has 4 heteroatoms. The van der Waals surface area contributed by atoms with E-state index in [2.05, 4.69) is 53.3 Å². The molecule has 0 spiro atoms. The van der Waals surface area contributed by atoms with Crippen molar-refractivity contribution in [1.29, 1.82) is 0 Å². The maximum Gasteiger partial charge on any atom is 0.152 e. The van der Waals surface area contributed by atoms with Crippen LogP contribution in [0.5, 0.6) is 0 Å². The van der Waals surface area contributed by atoms with Crippen LogP contribution < -0.4 is 10.2 Å². The first-order chi connectivity index (χ1) is 10.3. The summed E-state index contributed by atoms with van der Waals surface area (Å²) in [4.78, 5) is 11.5. The van der Waals surface area contributed by atoms with Gasteiger partial charge in [-0.15, -0.1) is 0 Å². The van der Waals surface area contributed by atoms with E-state index in [-0.39, 0.29) is 0 Å². The Bertz CT molecular complexity index is 611. The van der Waals surface area contributed by atoms with Gasteiger partial charge in [-0.3, -0.25) is 4.98 Å².